The third-order valence-electron chi connectivity index (χ3n) is 2.36. The van der Waals surface area contributed by atoms with Crippen LogP contribution in [0.5, 0.6) is 0 Å². The number of thiocarbonyl (C=S) groups is 1. The number of imidazole rings is 1. The number of hydrogen-bond acceptors (Lipinski definition) is 4. The summed E-state index contributed by atoms with van der Waals surface area (Å²) < 4.78 is 0. The van der Waals surface area contributed by atoms with E-state index in [0.29, 0.717) is 22.3 Å². The highest BCUT2D eigenvalue weighted by molar-refractivity contribution is 7.80. The number of fused-ring (bicyclic) bond motifs is 1. The Bertz CT molecular complexity index is 607. The SMILES string of the molecule is C=C(NNC(=S)NC(C)(C)C)c1nc2ncccc2[nH]1. The average Bonchev–Trinajstić information content (AvgIpc) is 2.77. The van der Waals surface area contributed by atoms with Gasteiger partial charge in [-0.3, -0.25) is 10.9 Å². The quantitative estimate of drug-likeness (QED) is 0.509. The predicted molar refractivity (Wildman–Crippen MR) is 84.7 cm³/mol. The Balaban J connectivity index is 1.97. The minimum Gasteiger partial charge on any atom is -0.357 e. The van der Waals surface area contributed by atoms with Gasteiger partial charge in [-0.15, -0.1) is 0 Å². The van der Waals surface area contributed by atoms with Crippen molar-refractivity contribution in [1.29, 1.82) is 0 Å². The molecule has 0 aromatic carbocycles. The minimum atomic E-state index is -0.101. The van der Waals surface area contributed by atoms with E-state index < -0.39 is 0 Å². The van der Waals surface area contributed by atoms with Gasteiger partial charge in [0.2, 0.25) is 0 Å². The van der Waals surface area contributed by atoms with Crippen molar-refractivity contribution in [3.05, 3.63) is 30.7 Å². The summed E-state index contributed by atoms with van der Waals surface area (Å²) in [4.78, 5) is 11.6. The molecule has 0 fully saturated rings. The van der Waals surface area contributed by atoms with Gasteiger partial charge in [-0.05, 0) is 45.1 Å². The van der Waals surface area contributed by atoms with E-state index in [0.717, 1.165) is 5.52 Å². The molecule has 0 aliphatic heterocycles. The number of rotatable bonds is 3. The summed E-state index contributed by atoms with van der Waals surface area (Å²) in [6.45, 7) is 9.99. The third kappa shape index (κ3) is 3.67. The van der Waals surface area contributed by atoms with Crippen molar-refractivity contribution in [3.8, 4) is 0 Å². The van der Waals surface area contributed by atoms with Gasteiger partial charge in [-0.1, -0.05) is 6.58 Å². The molecule has 2 rings (SSSR count). The molecule has 0 radical (unpaired) electrons. The lowest BCUT2D eigenvalue weighted by atomic mass is 10.1. The first-order valence-corrected chi connectivity index (χ1v) is 6.60. The van der Waals surface area contributed by atoms with Gasteiger partial charge in [0.25, 0.3) is 0 Å². The normalized spacial score (nSPS) is 11.2. The van der Waals surface area contributed by atoms with Crippen LogP contribution in [0.2, 0.25) is 0 Å². The van der Waals surface area contributed by atoms with E-state index in [2.05, 4.69) is 37.7 Å². The number of aromatic amines is 1. The van der Waals surface area contributed by atoms with Gasteiger partial charge >= 0.3 is 0 Å². The lowest BCUT2D eigenvalue weighted by Crippen LogP contribution is -2.50. The van der Waals surface area contributed by atoms with Crippen molar-refractivity contribution in [2.45, 2.75) is 26.3 Å². The molecule has 106 valence electrons. The van der Waals surface area contributed by atoms with Crippen LogP contribution in [0.1, 0.15) is 26.6 Å². The number of pyridine rings is 1. The maximum absolute atomic E-state index is 5.17. The van der Waals surface area contributed by atoms with Crippen LogP contribution >= 0.6 is 12.2 Å². The first kappa shape index (κ1) is 14.3. The smallest absolute Gasteiger partial charge is 0.185 e. The zero-order valence-corrected chi connectivity index (χ0v) is 12.6. The fourth-order valence-electron chi connectivity index (χ4n) is 1.55. The number of hydrazine groups is 1. The molecule has 7 heteroatoms. The summed E-state index contributed by atoms with van der Waals surface area (Å²) in [7, 11) is 0. The Morgan fingerprint density at radius 3 is 2.75 bits per heavy atom. The van der Waals surface area contributed by atoms with Crippen molar-refractivity contribution in [1.82, 2.24) is 31.1 Å². The highest BCUT2D eigenvalue weighted by atomic mass is 32.1. The Labute approximate surface area is 123 Å². The van der Waals surface area contributed by atoms with E-state index in [1.54, 1.807) is 6.20 Å². The summed E-state index contributed by atoms with van der Waals surface area (Å²) >= 11 is 5.17. The summed E-state index contributed by atoms with van der Waals surface area (Å²) in [5.74, 6) is 0.616. The highest BCUT2D eigenvalue weighted by Gasteiger charge is 2.11. The van der Waals surface area contributed by atoms with Crippen molar-refractivity contribution in [2.75, 3.05) is 0 Å². The summed E-state index contributed by atoms with van der Waals surface area (Å²) in [6, 6.07) is 3.76. The topological polar surface area (TPSA) is 77.7 Å². The zero-order chi connectivity index (χ0) is 14.8. The van der Waals surface area contributed by atoms with Gasteiger partial charge in [0.1, 0.15) is 0 Å². The molecule has 0 aliphatic rings. The molecule has 2 aromatic heterocycles. The van der Waals surface area contributed by atoms with Crippen molar-refractivity contribution >= 4 is 34.2 Å². The van der Waals surface area contributed by atoms with Crippen LogP contribution in [0.4, 0.5) is 0 Å². The van der Waals surface area contributed by atoms with Crippen LogP contribution in [0.15, 0.2) is 24.9 Å². The maximum Gasteiger partial charge on any atom is 0.185 e. The molecule has 6 nitrogen and oxygen atoms in total. The minimum absolute atomic E-state index is 0.101. The zero-order valence-electron chi connectivity index (χ0n) is 11.7. The average molecular weight is 290 g/mol. The van der Waals surface area contributed by atoms with E-state index in [4.69, 9.17) is 12.2 Å². The second-order valence-electron chi connectivity index (χ2n) is 5.39. The van der Waals surface area contributed by atoms with Gasteiger partial charge in [0, 0.05) is 11.7 Å². The molecular weight excluding hydrogens is 272 g/mol. The van der Waals surface area contributed by atoms with Crippen LogP contribution in [-0.4, -0.2) is 25.6 Å². The number of hydrogen-bond donors (Lipinski definition) is 4. The van der Waals surface area contributed by atoms with Gasteiger partial charge in [0.15, 0.2) is 16.6 Å². The molecule has 0 bridgehead atoms. The molecule has 0 atom stereocenters. The van der Waals surface area contributed by atoms with Crippen LogP contribution in [0, 0.1) is 0 Å². The van der Waals surface area contributed by atoms with Gasteiger partial charge in [-0.25, -0.2) is 9.97 Å². The van der Waals surface area contributed by atoms with Crippen molar-refractivity contribution in [3.63, 3.8) is 0 Å². The lowest BCUT2D eigenvalue weighted by Gasteiger charge is -2.23. The van der Waals surface area contributed by atoms with E-state index in [1.165, 1.54) is 0 Å². The summed E-state index contributed by atoms with van der Waals surface area (Å²) in [5.41, 5.74) is 7.78. The van der Waals surface area contributed by atoms with Crippen molar-refractivity contribution in [2.24, 2.45) is 0 Å². The monoisotopic (exact) mass is 290 g/mol. The summed E-state index contributed by atoms with van der Waals surface area (Å²) in [6.07, 6.45) is 1.70. The van der Waals surface area contributed by atoms with E-state index in [-0.39, 0.29) is 5.54 Å². The fourth-order valence-corrected chi connectivity index (χ4v) is 1.91. The van der Waals surface area contributed by atoms with Gasteiger partial charge in [0.05, 0.1) is 11.2 Å². The number of aromatic nitrogens is 3. The Morgan fingerprint density at radius 2 is 2.10 bits per heavy atom. The molecule has 0 spiro atoms. The second kappa shape index (κ2) is 5.46. The third-order valence-corrected chi connectivity index (χ3v) is 2.56. The van der Waals surface area contributed by atoms with E-state index in [9.17, 15) is 0 Å². The molecular formula is C13H18N6S. The van der Waals surface area contributed by atoms with E-state index in [1.807, 2.05) is 32.9 Å². The molecule has 0 saturated heterocycles. The molecule has 0 aliphatic carbocycles. The summed E-state index contributed by atoms with van der Waals surface area (Å²) in [5, 5.41) is 3.62. The van der Waals surface area contributed by atoms with Crippen LogP contribution < -0.4 is 16.2 Å². The highest BCUT2D eigenvalue weighted by Crippen LogP contribution is 2.11. The molecule has 0 amide bonds. The predicted octanol–water partition coefficient (Wildman–Crippen LogP) is 1.70. The number of H-pyrrole nitrogens is 1. The molecule has 4 N–H and O–H groups in total. The first-order valence-electron chi connectivity index (χ1n) is 6.19. The van der Waals surface area contributed by atoms with Gasteiger partial charge < -0.3 is 10.3 Å². The van der Waals surface area contributed by atoms with Crippen LogP contribution in [0.25, 0.3) is 16.9 Å². The van der Waals surface area contributed by atoms with Crippen LogP contribution in [0.3, 0.4) is 0 Å². The first-order chi connectivity index (χ1) is 9.35. The van der Waals surface area contributed by atoms with Gasteiger partial charge in [-0.2, -0.15) is 0 Å². The Morgan fingerprint density at radius 1 is 1.35 bits per heavy atom. The molecule has 20 heavy (non-hydrogen) atoms. The standard InChI is InChI=1S/C13H18N6S/c1-8(18-19-12(20)17-13(2,3)4)10-15-9-6-5-7-14-11(9)16-10/h5-7,18H,1H2,2-4H3,(H,14,15,16)(H2,17,19,20). The largest absolute Gasteiger partial charge is 0.357 e. The maximum atomic E-state index is 5.17. The fraction of sp³-hybridized carbons (Fsp3) is 0.308. The van der Waals surface area contributed by atoms with E-state index >= 15 is 0 Å². The number of nitrogens with zero attached hydrogens (tertiary/aromatic N) is 2. The number of nitrogens with one attached hydrogen (secondary N) is 4. The second-order valence-corrected chi connectivity index (χ2v) is 5.80. The molecule has 2 heterocycles. The molecule has 0 saturated carbocycles. The lowest BCUT2D eigenvalue weighted by molar-refractivity contribution is 0.504. The molecule has 2 aromatic rings. The van der Waals surface area contributed by atoms with Crippen molar-refractivity contribution < 1.29 is 0 Å². The van der Waals surface area contributed by atoms with Crippen LogP contribution in [-0.2, 0) is 0 Å². The molecule has 0 unspecified atom stereocenters. The Hall–Kier alpha value is -2.15. The Kier molecular flexibility index (Phi) is 3.89.